The Morgan fingerprint density at radius 2 is 2.00 bits per heavy atom. The van der Waals surface area contributed by atoms with Crippen molar-refractivity contribution in [3.63, 3.8) is 0 Å². The molecule has 4 heteroatoms. The van der Waals surface area contributed by atoms with Gasteiger partial charge in [0.15, 0.2) is 0 Å². The molecule has 0 bridgehead atoms. The second-order valence-corrected chi connectivity index (χ2v) is 8.20. The zero-order valence-corrected chi connectivity index (χ0v) is 15.0. The predicted octanol–water partition coefficient (Wildman–Crippen LogP) is 4.36. The second-order valence-electron chi connectivity index (χ2n) is 7.17. The molecule has 0 saturated heterocycles. The van der Waals surface area contributed by atoms with Crippen molar-refractivity contribution < 1.29 is 4.74 Å². The van der Waals surface area contributed by atoms with Crippen molar-refractivity contribution in [3.05, 3.63) is 15.6 Å². The zero-order valence-electron chi connectivity index (χ0n) is 14.2. The summed E-state index contributed by atoms with van der Waals surface area (Å²) in [6, 6.07) is 0.353. The number of hydrogen-bond donors (Lipinski definition) is 1. The fourth-order valence-corrected chi connectivity index (χ4v) is 3.93. The van der Waals surface area contributed by atoms with E-state index < -0.39 is 0 Å². The molecule has 1 aromatic heterocycles. The first-order valence-corrected chi connectivity index (χ1v) is 9.02. The zero-order chi connectivity index (χ0) is 15.5. The summed E-state index contributed by atoms with van der Waals surface area (Å²) < 4.78 is 5.90. The van der Waals surface area contributed by atoms with Crippen LogP contribution >= 0.6 is 11.3 Å². The molecule has 21 heavy (non-hydrogen) atoms. The third kappa shape index (κ3) is 4.76. The molecule has 1 heterocycles. The van der Waals surface area contributed by atoms with Crippen molar-refractivity contribution in [1.82, 2.24) is 10.3 Å². The molecule has 120 valence electrons. The Morgan fingerprint density at radius 3 is 2.57 bits per heavy atom. The minimum absolute atomic E-state index is 0.138. The Hall–Kier alpha value is -0.450. The van der Waals surface area contributed by atoms with E-state index in [0.29, 0.717) is 12.1 Å². The fraction of sp³-hybridized carbons (Fsp3) is 0.824. The highest BCUT2D eigenvalue weighted by atomic mass is 32.1. The molecule has 1 N–H and O–H groups in total. The topological polar surface area (TPSA) is 34.2 Å². The van der Waals surface area contributed by atoms with Crippen molar-refractivity contribution in [2.24, 2.45) is 0 Å². The molecule has 0 aromatic carbocycles. The van der Waals surface area contributed by atoms with E-state index in [1.54, 1.807) is 0 Å². The summed E-state index contributed by atoms with van der Waals surface area (Å²) in [5, 5.41) is 4.80. The number of nitrogens with zero attached hydrogens (tertiary/aromatic N) is 1. The summed E-state index contributed by atoms with van der Waals surface area (Å²) in [6.07, 6.45) is 5.69. The molecule has 1 saturated carbocycles. The monoisotopic (exact) mass is 310 g/mol. The lowest BCUT2D eigenvalue weighted by Gasteiger charge is -2.16. The molecule has 0 radical (unpaired) electrons. The van der Waals surface area contributed by atoms with Crippen LogP contribution in [-0.4, -0.2) is 24.2 Å². The van der Waals surface area contributed by atoms with Crippen molar-refractivity contribution in [1.29, 1.82) is 0 Å². The molecule has 1 aliphatic carbocycles. The maximum absolute atomic E-state index is 5.90. The lowest BCUT2D eigenvalue weighted by atomic mass is 9.98. The molecular formula is C17H30N2OS. The third-order valence-corrected chi connectivity index (χ3v) is 5.84. The van der Waals surface area contributed by atoms with E-state index >= 15 is 0 Å². The van der Waals surface area contributed by atoms with Crippen LogP contribution in [-0.2, 0) is 10.2 Å². The van der Waals surface area contributed by atoms with Gasteiger partial charge in [0, 0.05) is 22.9 Å². The molecule has 1 unspecified atom stereocenters. The highest BCUT2D eigenvalue weighted by Crippen LogP contribution is 2.32. The first-order valence-electron chi connectivity index (χ1n) is 8.20. The van der Waals surface area contributed by atoms with Gasteiger partial charge in [-0.1, -0.05) is 33.6 Å². The van der Waals surface area contributed by atoms with Gasteiger partial charge in [0.25, 0.3) is 0 Å². The van der Waals surface area contributed by atoms with Gasteiger partial charge in [-0.05, 0) is 26.7 Å². The van der Waals surface area contributed by atoms with E-state index in [1.165, 1.54) is 41.3 Å². The summed E-state index contributed by atoms with van der Waals surface area (Å²) in [4.78, 5) is 6.10. The van der Waals surface area contributed by atoms with Crippen molar-refractivity contribution in [2.45, 2.75) is 77.9 Å². The van der Waals surface area contributed by atoms with E-state index in [2.05, 4.69) is 39.9 Å². The van der Waals surface area contributed by atoms with Gasteiger partial charge in [-0.2, -0.15) is 0 Å². The van der Waals surface area contributed by atoms with Crippen LogP contribution in [0.25, 0.3) is 0 Å². The molecule has 3 nitrogen and oxygen atoms in total. The summed E-state index contributed by atoms with van der Waals surface area (Å²) in [5.41, 5.74) is 1.31. The maximum atomic E-state index is 5.90. The summed E-state index contributed by atoms with van der Waals surface area (Å²) in [5.74, 6) is 0. The largest absolute Gasteiger partial charge is 0.377 e. The molecular weight excluding hydrogens is 280 g/mol. The molecule has 1 aliphatic rings. The van der Waals surface area contributed by atoms with Crippen LogP contribution in [0, 0.1) is 6.92 Å². The predicted molar refractivity (Wildman–Crippen MR) is 90.2 cm³/mol. The SMILES string of the molecule is Cc1nc(C(C)(C)C)sc1C(C)NCCOC1CCCC1. The van der Waals surface area contributed by atoms with Gasteiger partial charge in [0.1, 0.15) is 0 Å². The molecule has 1 aromatic rings. The Balaban J connectivity index is 1.79. The summed E-state index contributed by atoms with van der Waals surface area (Å²) in [6.45, 7) is 12.8. The van der Waals surface area contributed by atoms with Gasteiger partial charge in [-0.25, -0.2) is 4.98 Å². The van der Waals surface area contributed by atoms with Crippen LogP contribution in [0.2, 0.25) is 0 Å². The second kappa shape index (κ2) is 7.21. The Kier molecular flexibility index (Phi) is 5.81. The fourth-order valence-electron chi connectivity index (χ4n) is 2.78. The highest BCUT2D eigenvalue weighted by molar-refractivity contribution is 7.12. The molecule has 0 aliphatic heterocycles. The summed E-state index contributed by atoms with van der Waals surface area (Å²) >= 11 is 1.84. The first kappa shape index (κ1) is 16.9. The van der Waals surface area contributed by atoms with Gasteiger partial charge in [-0.15, -0.1) is 11.3 Å². The Labute approximate surface area is 133 Å². The van der Waals surface area contributed by atoms with Crippen molar-refractivity contribution in [2.75, 3.05) is 13.2 Å². The smallest absolute Gasteiger partial charge is 0.0985 e. The van der Waals surface area contributed by atoms with E-state index in [4.69, 9.17) is 9.72 Å². The van der Waals surface area contributed by atoms with Gasteiger partial charge >= 0.3 is 0 Å². The molecule has 1 atom stereocenters. The minimum atomic E-state index is 0.138. The average molecular weight is 311 g/mol. The normalized spacial score (nSPS) is 18.3. The van der Waals surface area contributed by atoms with Gasteiger partial charge in [0.2, 0.25) is 0 Å². The lowest BCUT2D eigenvalue weighted by Crippen LogP contribution is -2.25. The van der Waals surface area contributed by atoms with Crippen LogP contribution in [0.1, 0.15) is 75.0 Å². The number of thiazole rings is 1. The average Bonchev–Trinajstić information content (AvgIpc) is 3.02. The number of ether oxygens (including phenoxy) is 1. The number of nitrogens with one attached hydrogen (secondary N) is 1. The number of rotatable bonds is 6. The van der Waals surface area contributed by atoms with Crippen molar-refractivity contribution in [3.8, 4) is 0 Å². The number of hydrogen-bond acceptors (Lipinski definition) is 4. The lowest BCUT2D eigenvalue weighted by molar-refractivity contribution is 0.0594. The van der Waals surface area contributed by atoms with Crippen molar-refractivity contribution >= 4 is 11.3 Å². The van der Waals surface area contributed by atoms with Crippen LogP contribution < -0.4 is 5.32 Å². The van der Waals surface area contributed by atoms with Crippen LogP contribution in [0.5, 0.6) is 0 Å². The quantitative estimate of drug-likeness (QED) is 0.793. The molecule has 1 fully saturated rings. The Morgan fingerprint density at radius 1 is 1.33 bits per heavy atom. The molecule has 0 amide bonds. The van der Waals surface area contributed by atoms with Gasteiger partial charge < -0.3 is 10.1 Å². The van der Waals surface area contributed by atoms with E-state index in [9.17, 15) is 0 Å². The van der Waals surface area contributed by atoms with Crippen LogP contribution in [0.3, 0.4) is 0 Å². The maximum Gasteiger partial charge on any atom is 0.0985 e. The van der Waals surface area contributed by atoms with E-state index in [0.717, 1.165) is 13.2 Å². The van der Waals surface area contributed by atoms with Crippen LogP contribution in [0.15, 0.2) is 0 Å². The third-order valence-electron chi connectivity index (χ3n) is 4.08. The van der Waals surface area contributed by atoms with E-state index in [1.807, 2.05) is 11.3 Å². The van der Waals surface area contributed by atoms with Gasteiger partial charge in [0.05, 0.1) is 23.4 Å². The Bertz CT molecular complexity index is 444. The number of aromatic nitrogens is 1. The molecule has 0 spiro atoms. The highest BCUT2D eigenvalue weighted by Gasteiger charge is 2.22. The first-order chi connectivity index (χ1) is 9.88. The van der Waals surface area contributed by atoms with E-state index in [-0.39, 0.29) is 5.41 Å². The number of aryl methyl sites for hydroxylation is 1. The van der Waals surface area contributed by atoms with Gasteiger partial charge in [-0.3, -0.25) is 0 Å². The summed E-state index contributed by atoms with van der Waals surface area (Å²) in [7, 11) is 0. The standard InChI is InChI=1S/C17H30N2OS/c1-12(18-10-11-20-14-8-6-7-9-14)15-13(2)19-16(21-15)17(3,4)5/h12,14,18H,6-11H2,1-5H3. The minimum Gasteiger partial charge on any atom is -0.377 e. The molecule has 2 rings (SSSR count). The van der Waals surface area contributed by atoms with Crippen LogP contribution in [0.4, 0.5) is 0 Å².